The fraction of sp³-hybridized carbons (Fsp3) is 0.375. The first-order valence-corrected chi connectivity index (χ1v) is 10.2. The van der Waals surface area contributed by atoms with Crippen LogP contribution in [0.1, 0.15) is 16.7 Å². The van der Waals surface area contributed by atoms with Crippen molar-refractivity contribution in [2.75, 3.05) is 50.2 Å². The molecule has 1 N–H and O–H groups in total. The van der Waals surface area contributed by atoms with Crippen molar-refractivity contribution in [2.45, 2.75) is 20.8 Å². The fourth-order valence-corrected chi connectivity index (χ4v) is 4.30. The molecule has 2 heterocycles. The van der Waals surface area contributed by atoms with Crippen molar-refractivity contribution < 1.29 is 14.5 Å². The third-order valence-corrected chi connectivity index (χ3v) is 6.11. The Balaban J connectivity index is 1.62. The number of benzene rings is 2. The molecule has 3 aromatic rings. The quantitative estimate of drug-likeness (QED) is 0.675. The molecule has 1 fully saturated rings. The van der Waals surface area contributed by atoms with Crippen LogP contribution in [0.15, 0.2) is 36.4 Å². The Bertz CT molecular complexity index is 1040. The molecule has 1 aromatic heterocycles. The van der Waals surface area contributed by atoms with Gasteiger partial charge in [0.25, 0.3) is 5.82 Å². The van der Waals surface area contributed by atoms with Crippen LogP contribution in [0.4, 0.5) is 11.5 Å². The molecule has 152 valence electrons. The number of aryl methyl sites for hydroxylation is 2. The van der Waals surface area contributed by atoms with E-state index in [4.69, 9.17) is 9.47 Å². The van der Waals surface area contributed by atoms with Crippen LogP contribution in [-0.2, 0) is 0 Å². The van der Waals surface area contributed by atoms with E-state index in [1.165, 1.54) is 22.4 Å². The van der Waals surface area contributed by atoms with Crippen molar-refractivity contribution >= 4 is 22.4 Å². The predicted molar refractivity (Wildman–Crippen MR) is 119 cm³/mol. The highest BCUT2D eigenvalue weighted by Crippen LogP contribution is 2.34. The molecule has 0 atom stereocenters. The second kappa shape index (κ2) is 7.82. The van der Waals surface area contributed by atoms with Gasteiger partial charge in [-0.25, -0.2) is 4.98 Å². The van der Waals surface area contributed by atoms with Crippen LogP contribution in [0.2, 0.25) is 0 Å². The molecule has 0 unspecified atom stereocenters. The topological polar surface area (TPSA) is 39.1 Å². The van der Waals surface area contributed by atoms with Gasteiger partial charge < -0.3 is 14.4 Å². The number of nitrogens with one attached hydrogen (secondary N) is 1. The first-order chi connectivity index (χ1) is 14.0. The molecular formula is C24H30N3O2+. The summed E-state index contributed by atoms with van der Waals surface area (Å²) < 4.78 is 11.2. The van der Waals surface area contributed by atoms with Gasteiger partial charge in [-0.3, -0.25) is 4.90 Å². The Morgan fingerprint density at radius 1 is 0.793 bits per heavy atom. The van der Waals surface area contributed by atoms with Gasteiger partial charge in [0.05, 0.1) is 32.7 Å². The first kappa shape index (κ1) is 19.4. The first-order valence-electron chi connectivity index (χ1n) is 10.2. The lowest BCUT2D eigenvalue weighted by Crippen LogP contribution is -2.48. The summed E-state index contributed by atoms with van der Waals surface area (Å²) in [6.07, 6.45) is 0. The van der Waals surface area contributed by atoms with E-state index < -0.39 is 0 Å². The molecular weight excluding hydrogens is 362 g/mol. The van der Waals surface area contributed by atoms with E-state index in [9.17, 15) is 0 Å². The second-order valence-electron chi connectivity index (χ2n) is 7.75. The van der Waals surface area contributed by atoms with Crippen molar-refractivity contribution in [2.24, 2.45) is 0 Å². The number of ether oxygens (including phenoxy) is 2. The van der Waals surface area contributed by atoms with Gasteiger partial charge in [-0.05, 0) is 55.7 Å². The molecule has 0 amide bonds. The Hall–Kier alpha value is -2.95. The van der Waals surface area contributed by atoms with E-state index in [0.717, 1.165) is 54.4 Å². The van der Waals surface area contributed by atoms with Crippen LogP contribution in [0, 0.1) is 20.8 Å². The summed E-state index contributed by atoms with van der Waals surface area (Å²) in [4.78, 5) is 8.53. The SMILES string of the molecule is COc1ccc(OC)c2c(C)cc(N3CCN(c4cccc(C)c4C)CC3)[nH+]c12. The number of hydrogen-bond donors (Lipinski definition) is 0. The molecule has 5 nitrogen and oxygen atoms in total. The van der Waals surface area contributed by atoms with Gasteiger partial charge in [-0.2, -0.15) is 0 Å². The number of aromatic amines is 1. The third-order valence-electron chi connectivity index (χ3n) is 6.11. The minimum absolute atomic E-state index is 0.833. The van der Waals surface area contributed by atoms with E-state index in [-0.39, 0.29) is 0 Å². The van der Waals surface area contributed by atoms with Crippen molar-refractivity contribution in [3.63, 3.8) is 0 Å². The number of methoxy groups -OCH3 is 2. The number of pyridine rings is 1. The van der Waals surface area contributed by atoms with Crippen molar-refractivity contribution in [1.82, 2.24) is 0 Å². The fourth-order valence-electron chi connectivity index (χ4n) is 4.30. The smallest absolute Gasteiger partial charge is 0.275 e. The third kappa shape index (κ3) is 3.46. The highest BCUT2D eigenvalue weighted by Gasteiger charge is 2.26. The molecule has 5 heteroatoms. The second-order valence-corrected chi connectivity index (χ2v) is 7.75. The highest BCUT2D eigenvalue weighted by atomic mass is 16.5. The van der Waals surface area contributed by atoms with Crippen molar-refractivity contribution in [3.05, 3.63) is 53.1 Å². The van der Waals surface area contributed by atoms with Gasteiger partial charge >= 0.3 is 0 Å². The van der Waals surface area contributed by atoms with Gasteiger partial charge in [0, 0.05) is 11.8 Å². The summed E-state index contributed by atoms with van der Waals surface area (Å²) in [6.45, 7) is 10.5. The standard InChI is InChI=1S/C24H29N3O2/c1-16-7-6-8-19(18(16)3)26-11-13-27(14-12-26)22-15-17(2)23-20(28-4)9-10-21(29-5)24(23)25-22/h6-10,15H,11-14H2,1-5H3/p+1. The number of rotatable bonds is 4. The average Bonchev–Trinajstić information content (AvgIpc) is 2.75. The van der Waals surface area contributed by atoms with E-state index in [2.05, 4.69) is 59.8 Å². The van der Waals surface area contributed by atoms with Gasteiger partial charge in [0.1, 0.15) is 18.8 Å². The molecule has 1 aliphatic rings. The van der Waals surface area contributed by atoms with Crippen LogP contribution in [0.5, 0.6) is 11.5 Å². The lowest BCUT2D eigenvalue weighted by atomic mass is 10.1. The normalized spacial score (nSPS) is 14.4. The summed E-state index contributed by atoms with van der Waals surface area (Å²) >= 11 is 0. The molecule has 0 saturated carbocycles. The minimum atomic E-state index is 0.833. The number of nitrogens with zero attached hydrogens (tertiary/aromatic N) is 2. The Labute approximate surface area is 172 Å². The van der Waals surface area contributed by atoms with Crippen LogP contribution in [-0.4, -0.2) is 40.4 Å². The summed E-state index contributed by atoms with van der Waals surface area (Å²) in [7, 11) is 3.42. The zero-order valence-electron chi connectivity index (χ0n) is 18.0. The monoisotopic (exact) mass is 392 g/mol. The number of aromatic nitrogens is 1. The zero-order chi connectivity index (χ0) is 20.5. The van der Waals surface area contributed by atoms with Crippen molar-refractivity contribution in [1.29, 1.82) is 0 Å². The van der Waals surface area contributed by atoms with Crippen molar-refractivity contribution in [3.8, 4) is 11.5 Å². The molecule has 1 saturated heterocycles. The van der Waals surface area contributed by atoms with Gasteiger partial charge in [0.15, 0.2) is 11.3 Å². The molecule has 29 heavy (non-hydrogen) atoms. The number of fused-ring (bicyclic) bond motifs is 1. The molecule has 1 aliphatic heterocycles. The minimum Gasteiger partial charge on any atom is -0.496 e. The molecule has 0 aliphatic carbocycles. The van der Waals surface area contributed by atoms with E-state index >= 15 is 0 Å². The van der Waals surface area contributed by atoms with Gasteiger partial charge in [-0.1, -0.05) is 12.1 Å². The maximum atomic E-state index is 5.61. The van der Waals surface area contributed by atoms with E-state index in [0.29, 0.717) is 0 Å². The summed E-state index contributed by atoms with van der Waals surface area (Å²) in [5.41, 5.74) is 6.25. The molecule has 0 spiro atoms. The average molecular weight is 393 g/mol. The summed E-state index contributed by atoms with van der Waals surface area (Å²) in [6, 6.07) is 12.7. The summed E-state index contributed by atoms with van der Waals surface area (Å²) in [5.74, 6) is 2.82. The maximum absolute atomic E-state index is 5.61. The van der Waals surface area contributed by atoms with Crippen LogP contribution in [0.25, 0.3) is 10.9 Å². The van der Waals surface area contributed by atoms with Crippen LogP contribution in [0.3, 0.4) is 0 Å². The van der Waals surface area contributed by atoms with E-state index in [1.807, 2.05) is 12.1 Å². The molecule has 0 radical (unpaired) electrons. The molecule has 4 rings (SSSR count). The predicted octanol–water partition coefficient (Wildman–Crippen LogP) is 3.92. The number of piperazine rings is 1. The Morgan fingerprint density at radius 3 is 2.14 bits per heavy atom. The number of H-pyrrole nitrogens is 1. The summed E-state index contributed by atoms with van der Waals surface area (Å²) in [5, 5.41) is 1.07. The molecule has 2 aromatic carbocycles. The largest absolute Gasteiger partial charge is 0.496 e. The number of hydrogen-bond acceptors (Lipinski definition) is 4. The van der Waals surface area contributed by atoms with Crippen LogP contribution >= 0.6 is 0 Å². The number of anilines is 2. The maximum Gasteiger partial charge on any atom is 0.275 e. The Morgan fingerprint density at radius 2 is 1.45 bits per heavy atom. The Kier molecular flexibility index (Phi) is 5.22. The van der Waals surface area contributed by atoms with E-state index in [1.54, 1.807) is 14.2 Å². The van der Waals surface area contributed by atoms with Gasteiger partial charge in [0.2, 0.25) is 0 Å². The highest BCUT2D eigenvalue weighted by molar-refractivity contribution is 5.91. The molecule has 0 bridgehead atoms. The zero-order valence-corrected chi connectivity index (χ0v) is 18.0. The lowest BCUT2D eigenvalue weighted by Gasteiger charge is -2.34. The lowest BCUT2D eigenvalue weighted by molar-refractivity contribution is -0.331. The van der Waals surface area contributed by atoms with Gasteiger partial charge in [-0.15, -0.1) is 0 Å². The van der Waals surface area contributed by atoms with Crippen LogP contribution < -0.4 is 24.3 Å².